The van der Waals surface area contributed by atoms with Crippen molar-refractivity contribution in [1.82, 2.24) is 0 Å². The molecule has 0 aliphatic carbocycles. The zero-order valence-electron chi connectivity index (χ0n) is 16.1. The van der Waals surface area contributed by atoms with Gasteiger partial charge in [-0.25, -0.2) is 9.69 Å². The first-order chi connectivity index (χ1) is 12.6. The van der Waals surface area contributed by atoms with Gasteiger partial charge < -0.3 is 10.1 Å². The summed E-state index contributed by atoms with van der Waals surface area (Å²) in [6.45, 7) is 9.66. The van der Waals surface area contributed by atoms with Gasteiger partial charge in [-0.05, 0) is 43.5 Å². The van der Waals surface area contributed by atoms with Gasteiger partial charge in [-0.1, -0.05) is 20.8 Å². The molecule has 7 heteroatoms. The van der Waals surface area contributed by atoms with Gasteiger partial charge in [0.1, 0.15) is 11.4 Å². The van der Waals surface area contributed by atoms with E-state index < -0.39 is 17.0 Å². The summed E-state index contributed by atoms with van der Waals surface area (Å²) in [5.41, 5.74) is -0.780. The summed E-state index contributed by atoms with van der Waals surface area (Å²) in [4.78, 5) is 38.1. The second-order valence-electron chi connectivity index (χ2n) is 7.31. The van der Waals surface area contributed by atoms with E-state index in [0.29, 0.717) is 11.3 Å². The predicted molar refractivity (Wildman–Crippen MR) is 104 cm³/mol. The molecule has 27 heavy (non-hydrogen) atoms. The van der Waals surface area contributed by atoms with E-state index in [1.165, 1.54) is 24.3 Å². The van der Waals surface area contributed by atoms with Gasteiger partial charge in [-0.2, -0.15) is 5.26 Å². The monoisotopic (exact) mass is 369 g/mol. The first-order valence-corrected chi connectivity index (χ1v) is 8.68. The third kappa shape index (κ3) is 4.00. The normalized spacial score (nSPS) is 12.3. The highest BCUT2D eigenvalue weighted by atomic mass is 16.6. The van der Waals surface area contributed by atoms with Crippen LogP contribution in [-0.4, -0.2) is 18.7 Å². The Hall–Kier alpha value is -3.14. The van der Waals surface area contributed by atoms with Crippen molar-refractivity contribution in [3.8, 4) is 6.07 Å². The molecule has 0 spiro atoms. The number of ether oxygens (including phenoxy) is 1. The highest BCUT2D eigenvalue weighted by molar-refractivity contribution is 6.01. The Morgan fingerprint density at radius 2 is 1.81 bits per heavy atom. The van der Waals surface area contributed by atoms with E-state index in [1.807, 2.05) is 33.8 Å². The highest BCUT2D eigenvalue weighted by Crippen LogP contribution is 2.32. The number of rotatable bonds is 5. The van der Waals surface area contributed by atoms with E-state index in [4.69, 9.17) is 10.00 Å². The first kappa shape index (κ1) is 20.2. The van der Waals surface area contributed by atoms with Gasteiger partial charge in [0.2, 0.25) is 0 Å². The Bertz CT molecular complexity index is 942. The number of carbonyl (C=O) groups is 1. The zero-order chi connectivity index (χ0) is 20.4. The third-order valence-corrected chi connectivity index (χ3v) is 4.47. The maximum absolute atomic E-state index is 12.5. The zero-order valence-corrected chi connectivity index (χ0v) is 16.1. The van der Waals surface area contributed by atoms with Gasteiger partial charge in [-0.15, -0.1) is 0 Å². The molecule has 0 bridgehead atoms. The molecule has 0 aromatic heterocycles. The maximum atomic E-state index is 12.5. The average Bonchev–Trinajstić information content (AvgIpc) is 2.63. The molecule has 1 amide bonds. The minimum Gasteiger partial charge on any atom is -0.449 e. The number of nitrogens with one attached hydrogen (secondary N) is 1. The molecule has 2 aromatic rings. The summed E-state index contributed by atoms with van der Waals surface area (Å²) in [5.74, 6) is 0. The summed E-state index contributed by atoms with van der Waals surface area (Å²) in [6.07, 6.45) is -0.763. The summed E-state index contributed by atoms with van der Waals surface area (Å²) in [5, 5.41) is 12.0. The Balaban J connectivity index is 2.52. The van der Waals surface area contributed by atoms with E-state index in [1.54, 1.807) is 6.92 Å². The molecule has 1 atom stereocenters. The second-order valence-corrected chi connectivity index (χ2v) is 7.31. The molecule has 0 aliphatic rings. The van der Waals surface area contributed by atoms with Crippen LogP contribution in [0, 0.1) is 16.7 Å². The fourth-order valence-corrected chi connectivity index (χ4v) is 2.36. The van der Waals surface area contributed by atoms with Crippen LogP contribution < -0.4 is 21.1 Å². The van der Waals surface area contributed by atoms with Crippen molar-refractivity contribution in [2.75, 3.05) is 16.8 Å². The summed E-state index contributed by atoms with van der Waals surface area (Å²) in [7, 11) is 0. The lowest BCUT2D eigenvalue weighted by atomic mass is 9.87. The molecule has 7 nitrogen and oxygen atoms in total. The first-order valence-electron chi connectivity index (χ1n) is 8.68. The Labute approximate surface area is 157 Å². The van der Waals surface area contributed by atoms with Crippen LogP contribution in [0.25, 0.3) is 0 Å². The van der Waals surface area contributed by atoms with Crippen molar-refractivity contribution in [2.45, 2.75) is 40.7 Å². The van der Waals surface area contributed by atoms with Gasteiger partial charge in [0.05, 0.1) is 23.9 Å². The average molecular weight is 369 g/mol. The smallest absolute Gasteiger partial charge is 0.419 e. The molecule has 2 aromatic carbocycles. The number of amides is 1. The van der Waals surface area contributed by atoms with Crippen LogP contribution in [0.4, 0.5) is 21.9 Å². The Morgan fingerprint density at radius 1 is 1.22 bits per heavy atom. The molecule has 0 heterocycles. The molecule has 2 rings (SSSR count). The van der Waals surface area contributed by atoms with Crippen LogP contribution >= 0.6 is 0 Å². The minimum atomic E-state index is -0.763. The molecule has 0 aliphatic heterocycles. The van der Waals surface area contributed by atoms with Crippen LogP contribution in [0.2, 0.25) is 0 Å². The van der Waals surface area contributed by atoms with Crippen LogP contribution in [0.3, 0.4) is 0 Å². The van der Waals surface area contributed by atoms with E-state index in [9.17, 15) is 14.4 Å². The summed E-state index contributed by atoms with van der Waals surface area (Å²) < 4.78 is 5.07. The van der Waals surface area contributed by atoms with Gasteiger partial charge in [0.25, 0.3) is 10.9 Å². The number of nitrogens with zero attached hydrogens (tertiary/aromatic N) is 2. The lowest BCUT2D eigenvalue weighted by Gasteiger charge is -2.32. The molecule has 0 saturated carbocycles. The van der Waals surface area contributed by atoms with Gasteiger partial charge >= 0.3 is 6.09 Å². The van der Waals surface area contributed by atoms with Crippen molar-refractivity contribution < 1.29 is 9.53 Å². The minimum absolute atomic E-state index is 0.0424. The fourth-order valence-electron chi connectivity index (χ4n) is 2.36. The maximum Gasteiger partial charge on any atom is 0.419 e. The van der Waals surface area contributed by atoms with Crippen LogP contribution in [0.5, 0.6) is 0 Å². The van der Waals surface area contributed by atoms with Gasteiger partial charge in [0.15, 0.2) is 0 Å². The quantitative estimate of drug-likeness (QED) is 0.812. The standard InChI is InChI=1S/C20H23N3O4/c1-6-27-19(26)23(14-9-7-13(11-21)8-10-14)16-15(17(24)18(16)25)22-12(2)20(3,4)5/h7-10,12,22H,6H2,1-5H3. The van der Waals surface area contributed by atoms with Crippen molar-refractivity contribution >= 4 is 23.2 Å². The largest absolute Gasteiger partial charge is 0.449 e. The molecule has 1 N–H and O–H groups in total. The summed E-state index contributed by atoms with van der Waals surface area (Å²) in [6, 6.07) is 7.98. The van der Waals surface area contributed by atoms with E-state index in [0.717, 1.165) is 4.90 Å². The van der Waals surface area contributed by atoms with E-state index >= 15 is 0 Å². The SMILES string of the molecule is CCOC(=O)N(c1ccc(C#N)cc1)c1c(NC(C)C(C)(C)C)c(=O)c1=O. The number of anilines is 3. The molecular formula is C20H23N3O4. The Kier molecular flexibility index (Phi) is 5.69. The molecule has 142 valence electrons. The van der Waals surface area contributed by atoms with E-state index in [-0.39, 0.29) is 29.4 Å². The van der Waals surface area contributed by atoms with E-state index in [2.05, 4.69) is 5.32 Å². The molecule has 0 radical (unpaired) electrons. The van der Waals surface area contributed by atoms with Crippen molar-refractivity contribution in [1.29, 1.82) is 5.26 Å². The number of nitriles is 1. The summed E-state index contributed by atoms with van der Waals surface area (Å²) >= 11 is 0. The highest BCUT2D eigenvalue weighted by Gasteiger charge is 2.34. The number of carbonyl (C=O) groups excluding carboxylic acids is 1. The van der Waals surface area contributed by atoms with Crippen LogP contribution in [-0.2, 0) is 4.74 Å². The molecule has 0 fully saturated rings. The van der Waals surface area contributed by atoms with Gasteiger partial charge in [-0.3, -0.25) is 9.59 Å². The molecule has 1 unspecified atom stereocenters. The van der Waals surface area contributed by atoms with Gasteiger partial charge in [0, 0.05) is 6.04 Å². The topological polar surface area (TPSA) is 99.5 Å². The second kappa shape index (κ2) is 7.62. The molecule has 0 saturated heterocycles. The number of hydrogen-bond acceptors (Lipinski definition) is 6. The van der Waals surface area contributed by atoms with Crippen molar-refractivity contribution in [3.63, 3.8) is 0 Å². The van der Waals surface area contributed by atoms with Crippen molar-refractivity contribution in [3.05, 3.63) is 50.3 Å². The van der Waals surface area contributed by atoms with Crippen LogP contribution in [0.1, 0.15) is 40.2 Å². The van der Waals surface area contributed by atoms with Crippen LogP contribution in [0.15, 0.2) is 33.9 Å². The molecular weight excluding hydrogens is 346 g/mol. The fraction of sp³-hybridized carbons (Fsp3) is 0.400. The number of benzene rings is 1. The predicted octanol–water partition coefficient (Wildman–Crippen LogP) is 3.30. The lowest BCUT2D eigenvalue weighted by Crippen LogP contribution is -2.45. The Morgan fingerprint density at radius 3 is 2.30 bits per heavy atom. The third-order valence-electron chi connectivity index (χ3n) is 4.47. The lowest BCUT2D eigenvalue weighted by molar-refractivity contribution is 0.162. The number of hydrogen-bond donors (Lipinski definition) is 1. The van der Waals surface area contributed by atoms with Crippen molar-refractivity contribution in [2.24, 2.45) is 5.41 Å².